The van der Waals surface area contributed by atoms with E-state index in [4.69, 9.17) is 9.47 Å². The van der Waals surface area contributed by atoms with Crippen molar-refractivity contribution in [2.45, 2.75) is 12.2 Å². The minimum absolute atomic E-state index is 0.130. The molecule has 1 atom stereocenters. The van der Waals surface area contributed by atoms with E-state index in [1.54, 1.807) is 12.1 Å². The Labute approximate surface area is 108 Å². The van der Waals surface area contributed by atoms with Gasteiger partial charge in [0, 0.05) is 11.6 Å². The van der Waals surface area contributed by atoms with Crippen molar-refractivity contribution in [2.75, 3.05) is 27.1 Å². The van der Waals surface area contributed by atoms with Gasteiger partial charge in [0.05, 0.1) is 6.04 Å². The van der Waals surface area contributed by atoms with Crippen molar-refractivity contribution >= 4 is 0 Å². The summed E-state index contributed by atoms with van der Waals surface area (Å²) in [6.07, 6.45) is -4.34. The maximum absolute atomic E-state index is 11.8. The van der Waals surface area contributed by atoms with Crippen molar-refractivity contribution in [1.29, 1.82) is 0 Å². The van der Waals surface area contributed by atoms with Crippen LogP contribution in [0.25, 0.3) is 0 Å². The van der Waals surface area contributed by atoms with Gasteiger partial charge in [-0.1, -0.05) is 0 Å². The number of hydrogen-bond acceptors (Lipinski definition) is 4. The first-order valence-electron chi connectivity index (χ1n) is 5.71. The Kier molecular flexibility index (Phi) is 4.16. The third-order valence-corrected chi connectivity index (χ3v) is 2.69. The summed E-state index contributed by atoms with van der Waals surface area (Å²) in [5.41, 5.74) is 1.01. The molecule has 0 amide bonds. The normalized spacial score (nSPS) is 18.0. The Hall–Kier alpha value is -1.47. The maximum atomic E-state index is 11.8. The highest BCUT2D eigenvalue weighted by Crippen LogP contribution is 2.34. The van der Waals surface area contributed by atoms with Gasteiger partial charge in [-0.15, -0.1) is 0 Å². The highest BCUT2D eigenvalue weighted by Gasteiger charge is 2.27. The van der Waals surface area contributed by atoms with E-state index in [0.717, 1.165) is 5.56 Å². The minimum Gasteiger partial charge on any atom is -0.491 e. The molecule has 1 aromatic carbocycles. The fourth-order valence-electron chi connectivity index (χ4n) is 1.79. The molecule has 1 aliphatic heterocycles. The van der Waals surface area contributed by atoms with Gasteiger partial charge < -0.3 is 19.5 Å². The molecule has 106 valence electrons. The van der Waals surface area contributed by atoms with Crippen LogP contribution in [-0.4, -0.2) is 33.2 Å². The number of benzene rings is 1. The Bertz CT molecular complexity index is 437. The lowest BCUT2D eigenvalue weighted by Gasteiger charge is -2.10. The molecular weight excluding hydrogens is 263 g/mol. The average Bonchev–Trinajstić information content (AvgIpc) is 2.75. The van der Waals surface area contributed by atoms with Gasteiger partial charge >= 0.3 is 6.18 Å². The molecule has 19 heavy (non-hydrogen) atoms. The van der Waals surface area contributed by atoms with Crippen molar-refractivity contribution in [3.8, 4) is 11.5 Å². The average molecular weight is 277 g/mol. The Morgan fingerprint density at radius 1 is 1.42 bits per heavy atom. The Morgan fingerprint density at radius 2 is 2.21 bits per heavy atom. The molecule has 0 fully saturated rings. The van der Waals surface area contributed by atoms with E-state index in [9.17, 15) is 13.2 Å². The summed E-state index contributed by atoms with van der Waals surface area (Å²) in [7, 11) is 1.83. The maximum Gasteiger partial charge on any atom is 0.411 e. The molecular formula is C12H14F3NO3. The lowest BCUT2D eigenvalue weighted by Crippen LogP contribution is -2.19. The molecule has 7 heteroatoms. The summed E-state index contributed by atoms with van der Waals surface area (Å²) in [5, 5.41) is 3.09. The molecule has 2 rings (SSSR count). The first kappa shape index (κ1) is 14.0. The van der Waals surface area contributed by atoms with Gasteiger partial charge in [-0.05, 0) is 19.2 Å². The molecule has 1 aromatic rings. The number of halogens is 3. The van der Waals surface area contributed by atoms with Crippen LogP contribution >= 0.6 is 0 Å². The van der Waals surface area contributed by atoms with Crippen molar-refractivity contribution in [3.05, 3.63) is 23.8 Å². The van der Waals surface area contributed by atoms with Gasteiger partial charge in [0.2, 0.25) is 0 Å². The lowest BCUT2D eigenvalue weighted by atomic mass is 10.1. The van der Waals surface area contributed by atoms with Gasteiger partial charge in [0.1, 0.15) is 24.7 Å². The first-order valence-corrected chi connectivity index (χ1v) is 5.71. The molecule has 4 nitrogen and oxygen atoms in total. The molecule has 0 saturated heterocycles. The van der Waals surface area contributed by atoms with Crippen LogP contribution in [0.15, 0.2) is 18.2 Å². The summed E-state index contributed by atoms with van der Waals surface area (Å²) in [6, 6.07) is 5.27. The monoisotopic (exact) mass is 277 g/mol. The van der Waals surface area contributed by atoms with Crippen LogP contribution in [0.1, 0.15) is 11.6 Å². The van der Waals surface area contributed by atoms with Crippen LogP contribution < -0.4 is 14.8 Å². The summed E-state index contributed by atoms with van der Waals surface area (Å²) in [4.78, 5) is 0. The van der Waals surface area contributed by atoms with Gasteiger partial charge in [0.15, 0.2) is 6.79 Å². The van der Waals surface area contributed by atoms with Crippen molar-refractivity contribution in [1.82, 2.24) is 5.32 Å². The lowest BCUT2D eigenvalue weighted by molar-refractivity contribution is -0.186. The van der Waals surface area contributed by atoms with E-state index in [2.05, 4.69) is 10.1 Å². The smallest absolute Gasteiger partial charge is 0.411 e. The SMILES string of the molecule is CNC1COc2cc(OCOCC(F)(F)F)ccc21. The van der Waals surface area contributed by atoms with Crippen molar-refractivity contribution in [3.63, 3.8) is 0 Å². The summed E-state index contributed by atoms with van der Waals surface area (Å²) in [5.74, 6) is 1.09. The van der Waals surface area contributed by atoms with Crippen molar-refractivity contribution < 1.29 is 27.4 Å². The number of hydrogen-bond donors (Lipinski definition) is 1. The molecule has 0 spiro atoms. The Morgan fingerprint density at radius 3 is 2.89 bits per heavy atom. The zero-order valence-electron chi connectivity index (χ0n) is 10.3. The Balaban J connectivity index is 1.86. The number of alkyl halides is 3. The molecule has 0 aromatic heterocycles. The molecule has 1 heterocycles. The van der Waals surface area contributed by atoms with E-state index in [1.165, 1.54) is 0 Å². The highest BCUT2D eigenvalue weighted by molar-refractivity contribution is 5.44. The summed E-state index contributed by atoms with van der Waals surface area (Å²) in [6.45, 7) is -1.25. The second-order valence-electron chi connectivity index (χ2n) is 4.08. The fourth-order valence-corrected chi connectivity index (χ4v) is 1.79. The standard InChI is InChI=1S/C12H14F3NO3/c1-16-10-5-18-11-4-8(2-3-9(10)11)19-7-17-6-12(13,14)15/h2-4,10,16H,5-7H2,1H3. The molecule has 0 saturated carbocycles. The van der Waals surface area contributed by atoms with E-state index in [0.29, 0.717) is 18.1 Å². The second-order valence-corrected chi connectivity index (χ2v) is 4.08. The molecule has 1 N–H and O–H groups in total. The topological polar surface area (TPSA) is 39.7 Å². The number of fused-ring (bicyclic) bond motifs is 1. The molecule has 1 unspecified atom stereocenters. The van der Waals surface area contributed by atoms with Gasteiger partial charge in [-0.2, -0.15) is 13.2 Å². The molecule has 0 bridgehead atoms. The first-order chi connectivity index (χ1) is 8.99. The van der Waals surface area contributed by atoms with E-state index >= 15 is 0 Å². The van der Waals surface area contributed by atoms with E-state index in [1.807, 2.05) is 13.1 Å². The predicted molar refractivity (Wildman–Crippen MR) is 61.2 cm³/mol. The van der Waals surface area contributed by atoms with Crippen LogP contribution in [0, 0.1) is 0 Å². The van der Waals surface area contributed by atoms with Crippen molar-refractivity contribution in [2.24, 2.45) is 0 Å². The number of rotatable bonds is 5. The highest BCUT2D eigenvalue weighted by atomic mass is 19.4. The predicted octanol–water partition coefficient (Wildman–Crippen LogP) is 2.25. The zero-order chi connectivity index (χ0) is 13.9. The number of likely N-dealkylation sites (N-methyl/N-ethyl adjacent to an activating group) is 1. The molecule has 1 aliphatic rings. The fraction of sp³-hybridized carbons (Fsp3) is 0.500. The molecule has 0 aliphatic carbocycles. The van der Waals surface area contributed by atoms with Gasteiger partial charge in [-0.25, -0.2) is 0 Å². The summed E-state index contributed by atoms with van der Waals surface area (Å²) < 4.78 is 50.4. The number of nitrogens with one attached hydrogen (secondary N) is 1. The van der Waals surface area contributed by atoms with E-state index < -0.39 is 19.6 Å². The second kappa shape index (κ2) is 5.66. The minimum atomic E-state index is -4.34. The van der Waals surface area contributed by atoms with Gasteiger partial charge in [0.25, 0.3) is 0 Å². The van der Waals surface area contributed by atoms with Crippen LogP contribution in [0.3, 0.4) is 0 Å². The van der Waals surface area contributed by atoms with Crippen LogP contribution in [0.2, 0.25) is 0 Å². The largest absolute Gasteiger partial charge is 0.491 e. The molecule has 0 radical (unpaired) electrons. The quantitative estimate of drug-likeness (QED) is 0.662. The third kappa shape index (κ3) is 3.74. The third-order valence-electron chi connectivity index (χ3n) is 2.69. The summed E-state index contributed by atoms with van der Waals surface area (Å²) >= 11 is 0. The van der Waals surface area contributed by atoms with Crippen LogP contribution in [0.4, 0.5) is 13.2 Å². The van der Waals surface area contributed by atoms with Gasteiger partial charge in [-0.3, -0.25) is 0 Å². The van der Waals surface area contributed by atoms with Crippen LogP contribution in [-0.2, 0) is 4.74 Å². The van der Waals surface area contributed by atoms with E-state index in [-0.39, 0.29) is 6.04 Å². The zero-order valence-corrected chi connectivity index (χ0v) is 10.3. The number of ether oxygens (including phenoxy) is 3. The van der Waals surface area contributed by atoms with Crippen LogP contribution in [0.5, 0.6) is 11.5 Å².